The maximum Gasteiger partial charge on any atom is 0.186 e. The Hall–Kier alpha value is -0.300. The molecule has 1 aromatic carbocycles. The van der Waals surface area contributed by atoms with Crippen molar-refractivity contribution in [1.82, 2.24) is 0 Å². The van der Waals surface area contributed by atoms with Crippen LogP contribution in [-0.2, 0) is 6.54 Å². The molecule has 0 atom stereocenters. The largest absolute Gasteiger partial charge is 0.370 e. The van der Waals surface area contributed by atoms with Crippen molar-refractivity contribution in [1.29, 1.82) is 0 Å². The molecule has 70 valence electrons. The second-order valence-electron chi connectivity index (χ2n) is 2.48. The van der Waals surface area contributed by atoms with Crippen LogP contribution in [0.25, 0.3) is 0 Å². The van der Waals surface area contributed by atoms with E-state index in [9.17, 15) is 0 Å². The second-order valence-corrected chi connectivity index (χ2v) is 4.58. The van der Waals surface area contributed by atoms with Gasteiger partial charge < -0.3 is 11.5 Å². The van der Waals surface area contributed by atoms with Crippen molar-refractivity contribution in [3.8, 4) is 0 Å². The van der Waals surface area contributed by atoms with Crippen LogP contribution in [-0.4, -0.2) is 5.96 Å². The first kappa shape index (κ1) is 10.8. The molecule has 0 heterocycles. The van der Waals surface area contributed by atoms with Crippen LogP contribution in [0, 0.1) is 3.57 Å². The first-order chi connectivity index (χ1) is 6.09. The Morgan fingerprint density at radius 1 is 1.46 bits per heavy atom. The number of hydrogen-bond donors (Lipinski definition) is 2. The Kier molecular flexibility index (Phi) is 3.98. The maximum absolute atomic E-state index is 5.24. The molecule has 0 fully saturated rings. The van der Waals surface area contributed by atoms with E-state index in [2.05, 4.69) is 43.5 Å². The van der Waals surface area contributed by atoms with Gasteiger partial charge in [-0.3, -0.25) is 0 Å². The summed E-state index contributed by atoms with van der Waals surface area (Å²) < 4.78 is 2.19. The first-order valence-electron chi connectivity index (χ1n) is 3.59. The maximum atomic E-state index is 5.24. The van der Waals surface area contributed by atoms with Crippen LogP contribution in [0.5, 0.6) is 0 Å². The van der Waals surface area contributed by atoms with Gasteiger partial charge in [-0.15, -0.1) is 0 Å². The minimum atomic E-state index is 0.116. The number of nitrogens with two attached hydrogens (primary N) is 2. The minimum absolute atomic E-state index is 0.116. The summed E-state index contributed by atoms with van der Waals surface area (Å²) in [6, 6.07) is 6.04. The van der Waals surface area contributed by atoms with E-state index < -0.39 is 0 Å². The highest BCUT2D eigenvalue weighted by Gasteiger charge is 1.99. The number of nitrogens with zero attached hydrogens (tertiary/aromatic N) is 1. The van der Waals surface area contributed by atoms with Gasteiger partial charge in [0, 0.05) is 8.04 Å². The van der Waals surface area contributed by atoms with Crippen molar-refractivity contribution in [2.24, 2.45) is 16.5 Å². The molecule has 0 aliphatic carbocycles. The third kappa shape index (κ3) is 3.51. The van der Waals surface area contributed by atoms with Crippen LogP contribution >= 0.6 is 38.5 Å². The molecule has 0 spiro atoms. The first-order valence-corrected chi connectivity index (χ1v) is 5.46. The molecule has 3 nitrogen and oxygen atoms in total. The minimum Gasteiger partial charge on any atom is -0.370 e. The van der Waals surface area contributed by atoms with Gasteiger partial charge in [0.2, 0.25) is 0 Å². The summed E-state index contributed by atoms with van der Waals surface area (Å²) in [4.78, 5) is 3.94. The zero-order valence-electron chi connectivity index (χ0n) is 6.80. The standard InChI is InChI=1S/C8H9BrIN3/c9-7-2-1-6(10)3-5(7)4-13-8(11)12/h1-3H,4H2,(H4,11,12,13). The lowest BCUT2D eigenvalue weighted by Crippen LogP contribution is -2.22. The van der Waals surface area contributed by atoms with E-state index in [0.717, 1.165) is 10.0 Å². The normalized spacial score (nSPS) is 9.69. The lowest BCUT2D eigenvalue weighted by atomic mass is 10.2. The van der Waals surface area contributed by atoms with E-state index in [1.54, 1.807) is 0 Å². The van der Waals surface area contributed by atoms with Crippen molar-refractivity contribution in [3.63, 3.8) is 0 Å². The van der Waals surface area contributed by atoms with Crippen LogP contribution < -0.4 is 11.5 Å². The Balaban J connectivity index is 2.87. The molecule has 0 aliphatic heterocycles. The van der Waals surface area contributed by atoms with Gasteiger partial charge in [0.25, 0.3) is 0 Å². The summed E-state index contributed by atoms with van der Waals surface area (Å²) in [5.41, 5.74) is 11.6. The highest BCUT2D eigenvalue weighted by Crippen LogP contribution is 2.19. The molecule has 0 bridgehead atoms. The number of halogens is 2. The smallest absolute Gasteiger partial charge is 0.186 e. The monoisotopic (exact) mass is 353 g/mol. The van der Waals surface area contributed by atoms with Gasteiger partial charge in [-0.1, -0.05) is 15.9 Å². The zero-order valence-corrected chi connectivity index (χ0v) is 10.5. The number of benzene rings is 1. The molecule has 0 amide bonds. The predicted octanol–water partition coefficient (Wildman–Crippen LogP) is 1.83. The molecule has 1 rings (SSSR count). The second kappa shape index (κ2) is 4.80. The molecular weight excluding hydrogens is 345 g/mol. The average molecular weight is 354 g/mol. The van der Waals surface area contributed by atoms with Gasteiger partial charge in [0.1, 0.15) is 0 Å². The SMILES string of the molecule is NC(N)=NCc1cc(I)ccc1Br. The van der Waals surface area contributed by atoms with Crippen molar-refractivity contribution in [2.75, 3.05) is 0 Å². The molecule has 0 aliphatic rings. The van der Waals surface area contributed by atoms with Gasteiger partial charge in [-0.2, -0.15) is 0 Å². The highest BCUT2D eigenvalue weighted by atomic mass is 127. The van der Waals surface area contributed by atoms with Gasteiger partial charge in [0.05, 0.1) is 6.54 Å². The van der Waals surface area contributed by atoms with Crippen LogP contribution in [0.1, 0.15) is 5.56 Å². The van der Waals surface area contributed by atoms with Crippen LogP contribution in [0.3, 0.4) is 0 Å². The zero-order chi connectivity index (χ0) is 9.84. The van der Waals surface area contributed by atoms with Crippen LogP contribution in [0.2, 0.25) is 0 Å². The fraction of sp³-hybridized carbons (Fsp3) is 0.125. The third-order valence-corrected chi connectivity index (χ3v) is 2.88. The number of aliphatic imine (C=N–C) groups is 1. The summed E-state index contributed by atoms with van der Waals surface area (Å²) in [5.74, 6) is 0.116. The highest BCUT2D eigenvalue weighted by molar-refractivity contribution is 14.1. The lowest BCUT2D eigenvalue weighted by Gasteiger charge is -2.01. The van der Waals surface area contributed by atoms with Gasteiger partial charge in [-0.05, 0) is 46.4 Å². The molecule has 0 saturated heterocycles. The Bertz CT molecular complexity index is 334. The van der Waals surface area contributed by atoms with Crippen molar-refractivity contribution >= 4 is 44.5 Å². The summed E-state index contributed by atoms with van der Waals surface area (Å²) in [7, 11) is 0. The van der Waals surface area contributed by atoms with E-state index in [1.807, 2.05) is 18.2 Å². The lowest BCUT2D eigenvalue weighted by molar-refractivity contribution is 1.04. The van der Waals surface area contributed by atoms with Crippen molar-refractivity contribution in [2.45, 2.75) is 6.54 Å². The average Bonchev–Trinajstić information content (AvgIpc) is 2.06. The summed E-state index contributed by atoms with van der Waals surface area (Å²) in [5, 5.41) is 0. The van der Waals surface area contributed by atoms with E-state index in [1.165, 1.54) is 3.57 Å². The Morgan fingerprint density at radius 2 is 2.15 bits per heavy atom. The van der Waals surface area contributed by atoms with Crippen molar-refractivity contribution < 1.29 is 0 Å². The topological polar surface area (TPSA) is 64.4 Å². The fourth-order valence-electron chi connectivity index (χ4n) is 0.841. The summed E-state index contributed by atoms with van der Waals surface area (Å²) in [6.45, 7) is 0.514. The molecule has 0 radical (unpaired) electrons. The molecule has 5 heteroatoms. The summed E-state index contributed by atoms with van der Waals surface area (Å²) in [6.07, 6.45) is 0. The fourth-order valence-corrected chi connectivity index (χ4v) is 1.77. The van der Waals surface area contributed by atoms with Crippen LogP contribution in [0.4, 0.5) is 0 Å². The molecule has 4 N–H and O–H groups in total. The predicted molar refractivity (Wildman–Crippen MR) is 66.4 cm³/mol. The number of guanidine groups is 1. The third-order valence-electron chi connectivity index (χ3n) is 1.44. The van der Waals surface area contributed by atoms with Crippen molar-refractivity contribution in [3.05, 3.63) is 31.8 Å². The van der Waals surface area contributed by atoms with Crippen LogP contribution in [0.15, 0.2) is 27.7 Å². The molecular formula is C8H9BrIN3. The van der Waals surface area contributed by atoms with E-state index in [-0.39, 0.29) is 5.96 Å². The van der Waals surface area contributed by atoms with Gasteiger partial charge in [-0.25, -0.2) is 4.99 Å². The molecule has 13 heavy (non-hydrogen) atoms. The van der Waals surface area contributed by atoms with Gasteiger partial charge >= 0.3 is 0 Å². The number of rotatable bonds is 2. The molecule has 1 aromatic rings. The van der Waals surface area contributed by atoms with E-state index in [0.29, 0.717) is 6.54 Å². The molecule has 0 saturated carbocycles. The quantitative estimate of drug-likeness (QED) is 0.484. The summed E-state index contributed by atoms with van der Waals surface area (Å²) >= 11 is 5.67. The van der Waals surface area contributed by atoms with E-state index in [4.69, 9.17) is 11.5 Å². The number of hydrogen-bond acceptors (Lipinski definition) is 1. The van der Waals surface area contributed by atoms with E-state index >= 15 is 0 Å². The Morgan fingerprint density at radius 3 is 2.77 bits per heavy atom. The molecule has 0 aromatic heterocycles. The Labute approximate surface area is 98.9 Å². The van der Waals surface area contributed by atoms with Gasteiger partial charge in [0.15, 0.2) is 5.96 Å². The molecule has 0 unspecified atom stereocenters.